The summed E-state index contributed by atoms with van der Waals surface area (Å²) in [6, 6.07) is 18.2. The number of nitrogens with zero attached hydrogens (tertiary/aromatic N) is 1. The molecule has 3 rings (SSSR count). The van der Waals surface area contributed by atoms with Crippen molar-refractivity contribution < 1.29 is 0 Å². The van der Waals surface area contributed by atoms with Gasteiger partial charge in [0.05, 0.1) is 5.52 Å². The first-order valence-electron chi connectivity index (χ1n) is 6.75. The van der Waals surface area contributed by atoms with Crippen molar-refractivity contribution in [2.24, 2.45) is 0 Å². The molecule has 2 aromatic carbocycles. The lowest BCUT2D eigenvalue weighted by molar-refractivity contribution is 1.02. The molecule has 0 amide bonds. The van der Waals surface area contributed by atoms with Crippen LogP contribution in [0.5, 0.6) is 0 Å². The zero-order chi connectivity index (χ0) is 13.8. The fourth-order valence-corrected chi connectivity index (χ4v) is 2.28. The molecule has 1 aromatic heterocycles. The fraction of sp³-hybridized carbons (Fsp3) is 0.118. The average Bonchev–Trinajstić information content (AvgIpc) is 2.49. The van der Waals surface area contributed by atoms with Gasteiger partial charge >= 0.3 is 0 Å². The molecule has 0 unspecified atom stereocenters. The van der Waals surface area contributed by atoms with E-state index in [9.17, 15) is 0 Å². The minimum Gasteiger partial charge on any atom is -0.399 e. The summed E-state index contributed by atoms with van der Waals surface area (Å²) >= 11 is 0. The Labute approximate surface area is 118 Å². The summed E-state index contributed by atoms with van der Waals surface area (Å²) in [7, 11) is 0. The van der Waals surface area contributed by atoms with Crippen LogP contribution in [0.3, 0.4) is 0 Å². The maximum Gasteiger partial charge on any atom is 0.0722 e. The van der Waals surface area contributed by atoms with Crippen LogP contribution in [-0.4, -0.2) is 11.5 Å². The summed E-state index contributed by atoms with van der Waals surface area (Å²) in [6.45, 7) is 0.887. The number of benzene rings is 2. The Morgan fingerprint density at radius 3 is 2.60 bits per heavy atom. The van der Waals surface area contributed by atoms with E-state index in [1.54, 1.807) is 0 Å². The Morgan fingerprint density at radius 1 is 0.950 bits per heavy atom. The molecule has 20 heavy (non-hydrogen) atoms. The van der Waals surface area contributed by atoms with Gasteiger partial charge in [-0.3, -0.25) is 4.98 Å². The maximum absolute atomic E-state index is 5.69. The average molecular weight is 263 g/mol. The van der Waals surface area contributed by atoms with Crippen molar-refractivity contribution in [2.75, 3.05) is 17.6 Å². The van der Waals surface area contributed by atoms with E-state index in [-0.39, 0.29) is 0 Å². The SMILES string of the molecule is Nc1ccc(CCNc2ccnc3ccccc23)cc1. The number of hydrogen-bond donors (Lipinski definition) is 2. The van der Waals surface area contributed by atoms with Crippen LogP contribution in [0.15, 0.2) is 60.8 Å². The van der Waals surface area contributed by atoms with Gasteiger partial charge in [0.15, 0.2) is 0 Å². The lowest BCUT2D eigenvalue weighted by Crippen LogP contribution is -2.05. The lowest BCUT2D eigenvalue weighted by Gasteiger charge is -2.09. The number of nitrogen functional groups attached to an aromatic ring is 1. The molecule has 1 heterocycles. The van der Waals surface area contributed by atoms with Crippen molar-refractivity contribution in [2.45, 2.75) is 6.42 Å². The van der Waals surface area contributed by atoms with Gasteiger partial charge in [-0.25, -0.2) is 0 Å². The van der Waals surface area contributed by atoms with Crippen molar-refractivity contribution in [3.63, 3.8) is 0 Å². The zero-order valence-corrected chi connectivity index (χ0v) is 11.2. The van der Waals surface area contributed by atoms with Crippen LogP contribution in [0.1, 0.15) is 5.56 Å². The summed E-state index contributed by atoms with van der Waals surface area (Å²) in [6.07, 6.45) is 2.81. The largest absolute Gasteiger partial charge is 0.399 e. The molecule has 0 spiro atoms. The Kier molecular flexibility index (Phi) is 3.50. The molecular weight excluding hydrogens is 246 g/mol. The van der Waals surface area contributed by atoms with Crippen LogP contribution in [0.2, 0.25) is 0 Å². The van der Waals surface area contributed by atoms with Crippen LogP contribution in [0, 0.1) is 0 Å². The molecule has 0 aliphatic heterocycles. The number of anilines is 2. The van der Waals surface area contributed by atoms with E-state index < -0.39 is 0 Å². The second-order valence-corrected chi connectivity index (χ2v) is 4.79. The number of nitrogens with one attached hydrogen (secondary N) is 1. The molecule has 0 aliphatic carbocycles. The normalized spacial score (nSPS) is 10.6. The molecule has 0 bridgehead atoms. The van der Waals surface area contributed by atoms with Crippen LogP contribution in [-0.2, 0) is 6.42 Å². The Morgan fingerprint density at radius 2 is 1.75 bits per heavy atom. The minimum atomic E-state index is 0.807. The summed E-state index contributed by atoms with van der Waals surface area (Å²) in [5, 5.41) is 4.64. The number of hydrogen-bond acceptors (Lipinski definition) is 3. The van der Waals surface area contributed by atoms with Gasteiger partial charge in [0.25, 0.3) is 0 Å². The highest BCUT2D eigenvalue weighted by Gasteiger charge is 2.00. The number of nitrogens with two attached hydrogens (primary N) is 1. The third-order valence-corrected chi connectivity index (χ3v) is 3.36. The summed E-state index contributed by atoms with van der Waals surface area (Å²) in [4.78, 5) is 4.36. The second kappa shape index (κ2) is 5.61. The number of pyridine rings is 1. The lowest BCUT2D eigenvalue weighted by atomic mass is 10.1. The standard InChI is InChI=1S/C17H17N3/c18-14-7-5-13(6-8-14)9-11-19-17-10-12-20-16-4-2-1-3-15(16)17/h1-8,10,12H,9,11,18H2,(H,19,20). The van der Waals surface area contributed by atoms with Crippen LogP contribution >= 0.6 is 0 Å². The minimum absolute atomic E-state index is 0.807. The van der Waals surface area contributed by atoms with Crippen LogP contribution in [0.4, 0.5) is 11.4 Å². The zero-order valence-electron chi connectivity index (χ0n) is 11.2. The van der Waals surface area contributed by atoms with Gasteiger partial charge in [0.2, 0.25) is 0 Å². The summed E-state index contributed by atoms with van der Waals surface area (Å²) in [5.74, 6) is 0. The number of aromatic nitrogens is 1. The van der Waals surface area contributed by atoms with E-state index in [4.69, 9.17) is 5.73 Å². The maximum atomic E-state index is 5.69. The van der Waals surface area contributed by atoms with Gasteiger partial charge in [0, 0.05) is 29.5 Å². The van der Waals surface area contributed by atoms with E-state index in [1.807, 2.05) is 42.6 Å². The number of fused-ring (bicyclic) bond motifs is 1. The molecular formula is C17H17N3. The van der Waals surface area contributed by atoms with Gasteiger partial charge < -0.3 is 11.1 Å². The first-order chi connectivity index (χ1) is 9.83. The van der Waals surface area contributed by atoms with E-state index >= 15 is 0 Å². The van der Waals surface area contributed by atoms with Gasteiger partial charge in [-0.2, -0.15) is 0 Å². The van der Waals surface area contributed by atoms with Crippen LogP contribution < -0.4 is 11.1 Å². The Balaban J connectivity index is 1.69. The molecule has 3 heteroatoms. The van der Waals surface area contributed by atoms with Gasteiger partial charge in [-0.05, 0) is 36.2 Å². The van der Waals surface area contributed by atoms with Crippen molar-refractivity contribution in [1.82, 2.24) is 4.98 Å². The molecule has 0 fully saturated rings. The Hall–Kier alpha value is -2.55. The van der Waals surface area contributed by atoms with Crippen LogP contribution in [0.25, 0.3) is 10.9 Å². The third kappa shape index (κ3) is 2.72. The van der Waals surface area contributed by atoms with Crippen molar-refractivity contribution in [3.05, 3.63) is 66.4 Å². The summed E-state index contributed by atoms with van der Waals surface area (Å²) in [5.41, 5.74) is 9.92. The van der Waals surface area contributed by atoms with Gasteiger partial charge in [0.1, 0.15) is 0 Å². The highest BCUT2D eigenvalue weighted by Crippen LogP contribution is 2.20. The van der Waals surface area contributed by atoms with E-state index in [1.165, 1.54) is 5.56 Å². The van der Waals surface area contributed by atoms with E-state index in [2.05, 4.69) is 28.5 Å². The molecule has 0 aliphatic rings. The predicted molar refractivity (Wildman–Crippen MR) is 84.8 cm³/mol. The molecule has 0 saturated carbocycles. The highest BCUT2D eigenvalue weighted by molar-refractivity contribution is 5.90. The molecule has 0 atom stereocenters. The van der Waals surface area contributed by atoms with E-state index in [0.29, 0.717) is 0 Å². The Bertz CT molecular complexity index is 700. The molecule has 3 nitrogen and oxygen atoms in total. The second-order valence-electron chi connectivity index (χ2n) is 4.79. The monoisotopic (exact) mass is 263 g/mol. The third-order valence-electron chi connectivity index (χ3n) is 3.36. The topological polar surface area (TPSA) is 50.9 Å². The fourth-order valence-electron chi connectivity index (χ4n) is 2.28. The smallest absolute Gasteiger partial charge is 0.0722 e. The number of rotatable bonds is 4. The summed E-state index contributed by atoms with van der Waals surface area (Å²) < 4.78 is 0. The predicted octanol–water partition coefficient (Wildman–Crippen LogP) is 3.47. The number of para-hydroxylation sites is 1. The molecule has 0 radical (unpaired) electrons. The molecule has 100 valence electrons. The van der Waals surface area contributed by atoms with Gasteiger partial charge in [-0.1, -0.05) is 30.3 Å². The van der Waals surface area contributed by atoms with Crippen molar-refractivity contribution >= 4 is 22.3 Å². The quantitative estimate of drug-likeness (QED) is 0.709. The van der Waals surface area contributed by atoms with E-state index in [0.717, 1.165) is 35.2 Å². The van der Waals surface area contributed by atoms with Gasteiger partial charge in [-0.15, -0.1) is 0 Å². The van der Waals surface area contributed by atoms with Crippen molar-refractivity contribution in [1.29, 1.82) is 0 Å². The first-order valence-corrected chi connectivity index (χ1v) is 6.75. The first kappa shape index (κ1) is 12.5. The van der Waals surface area contributed by atoms with Crippen molar-refractivity contribution in [3.8, 4) is 0 Å². The molecule has 0 saturated heterocycles. The highest BCUT2D eigenvalue weighted by atomic mass is 14.9. The molecule has 3 N–H and O–H groups in total. The molecule has 3 aromatic rings.